The molecule has 0 unspecified atom stereocenters. The van der Waals surface area contributed by atoms with E-state index in [0.29, 0.717) is 19.7 Å². The van der Waals surface area contributed by atoms with Gasteiger partial charge in [-0.1, -0.05) is 0 Å². The number of fused-ring (bicyclic) bond motifs is 1. The van der Waals surface area contributed by atoms with Crippen molar-refractivity contribution in [2.24, 2.45) is 0 Å². The number of carbonyl (C=O) groups excluding carboxylic acids is 1. The molecule has 5 heteroatoms. The van der Waals surface area contributed by atoms with Crippen molar-refractivity contribution in [3.63, 3.8) is 0 Å². The maximum absolute atomic E-state index is 11.9. The molecule has 0 spiro atoms. The first-order chi connectivity index (χ1) is 7.70. The SMILES string of the molecule is COCCN1CCc2cc(C)nn2CC1=O. The van der Waals surface area contributed by atoms with Gasteiger partial charge in [0.1, 0.15) is 6.54 Å². The summed E-state index contributed by atoms with van der Waals surface area (Å²) in [5.41, 5.74) is 2.12. The maximum Gasteiger partial charge on any atom is 0.244 e. The van der Waals surface area contributed by atoms with Gasteiger partial charge in [-0.2, -0.15) is 5.10 Å². The maximum atomic E-state index is 11.9. The van der Waals surface area contributed by atoms with Crippen LogP contribution in [0.4, 0.5) is 0 Å². The van der Waals surface area contributed by atoms with Crippen LogP contribution in [-0.4, -0.2) is 47.4 Å². The second kappa shape index (κ2) is 4.65. The molecule has 2 heterocycles. The Hall–Kier alpha value is -1.36. The zero-order valence-electron chi connectivity index (χ0n) is 9.77. The summed E-state index contributed by atoms with van der Waals surface area (Å²) in [7, 11) is 1.65. The average Bonchev–Trinajstić information content (AvgIpc) is 2.52. The summed E-state index contributed by atoms with van der Waals surface area (Å²) < 4.78 is 6.81. The molecule has 0 saturated heterocycles. The Morgan fingerprint density at radius 3 is 3.12 bits per heavy atom. The summed E-state index contributed by atoms with van der Waals surface area (Å²) in [6.45, 7) is 4.32. The minimum absolute atomic E-state index is 0.124. The number of hydrogen-bond acceptors (Lipinski definition) is 3. The van der Waals surface area contributed by atoms with Crippen molar-refractivity contribution in [3.8, 4) is 0 Å². The van der Waals surface area contributed by atoms with Crippen LogP contribution < -0.4 is 0 Å². The minimum Gasteiger partial charge on any atom is -0.383 e. The molecule has 0 atom stereocenters. The van der Waals surface area contributed by atoms with E-state index < -0.39 is 0 Å². The fraction of sp³-hybridized carbons (Fsp3) is 0.636. The fourth-order valence-electron chi connectivity index (χ4n) is 1.98. The Kier molecular flexibility index (Phi) is 3.24. The number of methoxy groups -OCH3 is 1. The highest BCUT2D eigenvalue weighted by Crippen LogP contribution is 2.10. The average molecular weight is 223 g/mol. The van der Waals surface area contributed by atoms with Gasteiger partial charge in [0.2, 0.25) is 5.91 Å². The summed E-state index contributed by atoms with van der Waals surface area (Å²) in [6.07, 6.45) is 0.871. The van der Waals surface area contributed by atoms with Crippen LogP contribution in [0.25, 0.3) is 0 Å². The number of aryl methyl sites for hydroxylation is 1. The molecule has 1 aliphatic heterocycles. The van der Waals surface area contributed by atoms with Crippen LogP contribution in [0.3, 0.4) is 0 Å². The molecule has 5 nitrogen and oxygen atoms in total. The number of amides is 1. The van der Waals surface area contributed by atoms with Crippen molar-refractivity contribution in [2.75, 3.05) is 26.8 Å². The number of hydrogen-bond donors (Lipinski definition) is 0. The van der Waals surface area contributed by atoms with Gasteiger partial charge in [0, 0.05) is 32.3 Å². The van der Waals surface area contributed by atoms with Gasteiger partial charge in [0.25, 0.3) is 0 Å². The smallest absolute Gasteiger partial charge is 0.244 e. The molecule has 2 rings (SSSR count). The first kappa shape index (κ1) is 11.1. The van der Waals surface area contributed by atoms with Crippen molar-refractivity contribution < 1.29 is 9.53 Å². The lowest BCUT2D eigenvalue weighted by Gasteiger charge is -2.19. The lowest BCUT2D eigenvalue weighted by atomic mass is 10.3. The van der Waals surface area contributed by atoms with Gasteiger partial charge in [-0.15, -0.1) is 0 Å². The van der Waals surface area contributed by atoms with Gasteiger partial charge in [-0.25, -0.2) is 0 Å². The molecule has 0 aromatic carbocycles. The number of carbonyl (C=O) groups is 1. The van der Waals surface area contributed by atoms with E-state index in [-0.39, 0.29) is 5.91 Å². The molecule has 88 valence electrons. The molecule has 1 amide bonds. The lowest BCUT2D eigenvalue weighted by molar-refractivity contribution is -0.132. The van der Waals surface area contributed by atoms with E-state index in [1.807, 2.05) is 22.6 Å². The van der Waals surface area contributed by atoms with Gasteiger partial charge in [-0.3, -0.25) is 9.48 Å². The van der Waals surface area contributed by atoms with Gasteiger partial charge in [0.05, 0.1) is 12.3 Å². The zero-order valence-corrected chi connectivity index (χ0v) is 9.77. The Morgan fingerprint density at radius 1 is 1.56 bits per heavy atom. The molecule has 1 aliphatic rings. The van der Waals surface area contributed by atoms with Crippen molar-refractivity contribution >= 4 is 5.91 Å². The molecule has 0 bridgehead atoms. The highest BCUT2D eigenvalue weighted by atomic mass is 16.5. The largest absolute Gasteiger partial charge is 0.383 e. The molecular formula is C11H17N3O2. The number of ether oxygens (including phenoxy) is 1. The fourth-order valence-corrected chi connectivity index (χ4v) is 1.98. The quantitative estimate of drug-likeness (QED) is 0.736. The summed E-state index contributed by atoms with van der Waals surface area (Å²) in [5.74, 6) is 0.124. The Morgan fingerprint density at radius 2 is 2.38 bits per heavy atom. The van der Waals surface area contributed by atoms with Crippen molar-refractivity contribution in [1.82, 2.24) is 14.7 Å². The van der Waals surface area contributed by atoms with Gasteiger partial charge in [0.15, 0.2) is 0 Å². The van der Waals surface area contributed by atoms with E-state index in [2.05, 4.69) is 5.10 Å². The summed E-state index contributed by atoms with van der Waals surface area (Å²) in [5, 5.41) is 4.31. The Balaban J connectivity index is 2.07. The van der Waals surface area contributed by atoms with Crippen LogP contribution in [0.2, 0.25) is 0 Å². The normalized spacial score (nSPS) is 16.1. The van der Waals surface area contributed by atoms with Crippen LogP contribution >= 0.6 is 0 Å². The van der Waals surface area contributed by atoms with Crippen molar-refractivity contribution in [2.45, 2.75) is 19.9 Å². The van der Waals surface area contributed by atoms with Crippen molar-refractivity contribution in [3.05, 3.63) is 17.5 Å². The molecular weight excluding hydrogens is 206 g/mol. The lowest BCUT2D eigenvalue weighted by Crippen LogP contribution is -2.35. The van der Waals surface area contributed by atoms with E-state index in [1.165, 1.54) is 0 Å². The molecule has 1 aromatic heterocycles. The molecule has 0 saturated carbocycles. The van der Waals surface area contributed by atoms with Crippen LogP contribution in [0.15, 0.2) is 6.07 Å². The molecule has 0 radical (unpaired) electrons. The number of rotatable bonds is 3. The predicted molar refractivity (Wildman–Crippen MR) is 59.1 cm³/mol. The second-order valence-electron chi connectivity index (χ2n) is 4.06. The van der Waals surface area contributed by atoms with Crippen LogP contribution in [0, 0.1) is 6.92 Å². The van der Waals surface area contributed by atoms with Gasteiger partial charge in [-0.05, 0) is 13.0 Å². The first-order valence-electron chi connectivity index (χ1n) is 5.51. The van der Waals surface area contributed by atoms with Crippen LogP contribution in [0.1, 0.15) is 11.4 Å². The van der Waals surface area contributed by atoms with E-state index >= 15 is 0 Å². The van der Waals surface area contributed by atoms with E-state index in [4.69, 9.17) is 4.74 Å². The molecule has 1 aromatic rings. The first-order valence-corrected chi connectivity index (χ1v) is 5.51. The molecule has 0 N–H and O–H groups in total. The van der Waals surface area contributed by atoms with E-state index in [0.717, 1.165) is 24.4 Å². The number of aromatic nitrogens is 2. The van der Waals surface area contributed by atoms with E-state index in [1.54, 1.807) is 7.11 Å². The van der Waals surface area contributed by atoms with Crippen LogP contribution in [-0.2, 0) is 22.5 Å². The summed E-state index contributed by atoms with van der Waals surface area (Å²) >= 11 is 0. The van der Waals surface area contributed by atoms with Crippen molar-refractivity contribution in [1.29, 1.82) is 0 Å². The Bertz CT molecular complexity index is 387. The zero-order chi connectivity index (χ0) is 11.5. The second-order valence-corrected chi connectivity index (χ2v) is 4.06. The van der Waals surface area contributed by atoms with Gasteiger partial charge < -0.3 is 9.64 Å². The highest BCUT2D eigenvalue weighted by molar-refractivity contribution is 5.76. The van der Waals surface area contributed by atoms with Gasteiger partial charge >= 0.3 is 0 Å². The van der Waals surface area contributed by atoms with Crippen LogP contribution in [0.5, 0.6) is 0 Å². The molecule has 16 heavy (non-hydrogen) atoms. The molecule has 0 fully saturated rings. The molecule has 0 aliphatic carbocycles. The monoisotopic (exact) mass is 223 g/mol. The number of nitrogens with zero attached hydrogens (tertiary/aromatic N) is 3. The third kappa shape index (κ3) is 2.24. The predicted octanol–water partition coefficient (Wildman–Crippen LogP) is 0.223. The Labute approximate surface area is 95.0 Å². The third-order valence-corrected chi connectivity index (χ3v) is 2.83. The van der Waals surface area contributed by atoms with E-state index in [9.17, 15) is 4.79 Å². The highest BCUT2D eigenvalue weighted by Gasteiger charge is 2.20. The summed E-state index contributed by atoms with van der Waals surface area (Å²) in [4.78, 5) is 13.7. The standard InChI is InChI=1S/C11H17N3O2/c1-9-7-10-3-4-13(5-6-16-2)11(15)8-14(10)12-9/h7H,3-6,8H2,1-2H3. The topological polar surface area (TPSA) is 47.4 Å². The summed E-state index contributed by atoms with van der Waals surface area (Å²) in [6, 6.07) is 2.05. The third-order valence-electron chi connectivity index (χ3n) is 2.83. The minimum atomic E-state index is 0.124.